The van der Waals surface area contributed by atoms with E-state index in [2.05, 4.69) is 23.2 Å². The molecule has 1 fully saturated rings. The smallest absolute Gasteiger partial charge is 0.311 e. The van der Waals surface area contributed by atoms with Gasteiger partial charge in [0.15, 0.2) is 17.2 Å². The highest BCUT2D eigenvalue weighted by Gasteiger charge is 2.24. The second-order valence-electron chi connectivity index (χ2n) is 10.5. The van der Waals surface area contributed by atoms with Crippen LogP contribution in [0.2, 0.25) is 5.02 Å². The monoisotopic (exact) mass is 542 g/mol. The third-order valence-corrected chi connectivity index (χ3v) is 7.69. The summed E-state index contributed by atoms with van der Waals surface area (Å²) in [6.45, 7) is 6.36. The standard InChI is InChI=1S/C31H43ClN2O4/c1-2-3-4-5-6-7-8-13-31(35)38-28-12-10-9-11-27(28)34-18-16-24(17-19-34)21-33-22-26-23-36-29-15-14-25(32)20-30(29)37-26/h9-12,14-15,20,24,26,33H,2-8,13,16-19,21-23H2,1H3/t26-/m0/s1. The number of fused-ring (bicyclic) bond motifs is 1. The number of halogens is 1. The van der Waals surface area contributed by atoms with Crippen molar-refractivity contribution in [1.29, 1.82) is 0 Å². The Bertz CT molecular complexity index is 1010. The summed E-state index contributed by atoms with van der Waals surface area (Å²) in [5.41, 5.74) is 1.02. The summed E-state index contributed by atoms with van der Waals surface area (Å²) in [7, 11) is 0. The summed E-state index contributed by atoms with van der Waals surface area (Å²) in [6.07, 6.45) is 11.0. The molecule has 38 heavy (non-hydrogen) atoms. The summed E-state index contributed by atoms with van der Waals surface area (Å²) in [5, 5.41) is 4.23. The topological polar surface area (TPSA) is 60.0 Å². The van der Waals surface area contributed by atoms with Gasteiger partial charge in [-0.05, 0) is 56.0 Å². The van der Waals surface area contributed by atoms with Crippen LogP contribution in [-0.2, 0) is 4.79 Å². The summed E-state index contributed by atoms with van der Waals surface area (Å²) < 4.78 is 17.7. The number of unbranched alkanes of at least 4 members (excludes halogenated alkanes) is 6. The highest BCUT2D eigenvalue weighted by Crippen LogP contribution is 2.34. The molecule has 0 bridgehead atoms. The highest BCUT2D eigenvalue weighted by molar-refractivity contribution is 6.30. The number of ether oxygens (including phenoxy) is 3. The molecule has 7 heteroatoms. The maximum atomic E-state index is 12.5. The van der Waals surface area contributed by atoms with Gasteiger partial charge >= 0.3 is 5.97 Å². The van der Waals surface area contributed by atoms with Gasteiger partial charge < -0.3 is 24.4 Å². The summed E-state index contributed by atoms with van der Waals surface area (Å²) in [6, 6.07) is 13.4. The van der Waals surface area contributed by atoms with Crippen LogP contribution in [0.25, 0.3) is 0 Å². The number of rotatable bonds is 14. The van der Waals surface area contributed by atoms with E-state index in [9.17, 15) is 4.79 Å². The number of nitrogens with one attached hydrogen (secondary N) is 1. The minimum Gasteiger partial charge on any atom is -0.486 e. The fraction of sp³-hybridized carbons (Fsp3) is 0.581. The van der Waals surface area contributed by atoms with Crippen LogP contribution in [0, 0.1) is 5.92 Å². The molecule has 4 rings (SSSR count). The number of piperidine rings is 1. The number of hydrogen-bond acceptors (Lipinski definition) is 6. The third-order valence-electron chi connectivity index (χ3n) is 7.46. The van der Waals surface area contributed by atoms with E-state index in [1.807, 2.05) is 36.4 Å². The van der Waals surface area contributed by atoms with Crippen molar-refractivity contribution in [2.75, 3.05) is 37.7 Å². The lowest BCUT2D eigenvalue weighted by molar-refractivity contribution is -0.134. The number of anilines is 1. The number of hydrogen-bond donors (Lipinski definition) is 1. The number of esters is 1. The van der Waals surface area contributed by atoms with E-state index in [-0.39, 0.29) is 12.1 Å². The van der Waals surface area contributed by atoms with Gasteiger partial charge in [0, 0.05) is 37.1 Å². The van der Waals surface area contributed by atoms with Crippen molar-refractivity contribution in [2.24, 2.45) is 5.92 Å². The number of carbonyl (C=O) groups excluding carboxylic acids is 1. The molecule has 2 heterocycles. The molecular formula is C31H43ClN2O4. The number of benzene rings is 2. The maximum Gasteiger partial charge on any atom is 0.311 e. The first-order chi connectivity index (χ1) is 18.6. The zero-order valence-electron chi connectivity index (χ0n) is 22.8. The van der Waals surface area contributed by atoms with Crippen molar-refractivity contribution in [3.8, 4) is 17.2 Å². The second-order valence-corrected chi connectivity index (χ2v) is 11.0. The Kier molecular flexibility index (Phi) is 11.4. The zero-order chi connectivity index (χ0) is 26.6. The van der Waals surface area contributed by atoms with E-state index in [0.717, 1.165) is 63.3 Å². The lowest BCUT2D eigenvalue weighted by atomic mass is 9.96. The molecule has 0 aliphatic carbocycles. The van der Waals surface area contributed by atoms with E-state index >= 15 is 0 Å². The van der Waals surface area contributed by atoms with Gasteiger partial charge in [0.2, 0.25) is 0 Å². The number of carbonyl (C=O) groups is 1. The summed E-state index contributed by atoms with van der Waals surface area (Å²) in [5.74, 6) is 2.63. The highest BCUT2D eigenvalue weighted by atomic mass is 35.5. The van der Waals surface area contributed by atoms with Gasteiger partial charge in [0.1, 0.15) is 12.7 Å². The average molecular weight is 543 g/mol. The second kappa shape index (κ2) is 15.2. The Hall–Kier alpha value is -2.44. The first kappa shape index (κ1) is 28.6. The van der Waals surface area contributed by atoms with Crippen LogP contribution in [-0.4, -0.2) is 44.9 Å². The predicted molar refractivity (Wildman–Crippen MR) is 154 cm³/mol. The summed E-state index contributed by atoms with van der Waals surface area (Å²) in [4.78, 5) is 14.8. The van der Waals surface area contributed by atoms with E-state index in [0.29, 0.717) is 35.5 Å². The lowest BCUT2D eigenvalue weighted by Crippen LogP contribution is -2.42. The third kappa shape index (κ3) is 8.81. The van der Waals surface area contributed by atoms with Gasteiger partial charge in [0.25, 0.3) is 0 Å². The fourth-order valence-corrected chi connectivity index (χ4v) is 5.38. The van der Waals surface area contributed by atoms with Crippen molar-refractivity contribution < 1.29 is 19.0 Å². The Balaban J connectivity index is 1.15. The first-order valence-corrected chi connectivity index (χ1v) is 14.8. The van der Waals surface area contributed by atoms with Crippen molar-refractivity contribution in [3.63, 3.8) is 0 Å². The minimum absolute atomic E-state index is 0.0244. The molecule has 1 N–H and O–H groups in total. The Morgan fingerprint density at radius 1 is 1.00 bits per heavy atom. The Morgan fingerprint density at radius 2 is 1.76 bits per heavy atom. The number of para-hydroxylation sites is 2. The molecule has 0 spiro atoms. The van der Waals surface area contributed by atoms with Gasteiger partial charge in [-0.1, -0.05) is 69.2 Å². The van der Waals surface area contributed by atoms with Crippen LogP contribution >= 0.6 is 11.6 Å². The molecule has 1 saturated heterocycles. The maximum absolute atomic E-state index is 12.5. The molecule has 2 aliphatic rings. The molecule has 0 radical (unpaired) electrons. The van der Waals surface area contributed by atoms with Gasteiger partial charge in [-0.2, -0.15) is 0 Å². The van der Waals surface area contributed by atoms with Crippen LogP contribution in [0.5, 0.6) is 17.2 Å². The van der Waals surface area contributed by atoms with Gasteiger partial charge in [-0.3, -0.25) is 4.79 Å². The van der Waals surface area contributed by atoms with E-state index in [4.69, 9.17) is 25.8 Å². The largest absolute Gasteiger partial charge is 0.486 e. The van der Waals surface area contributed by atoms with Crippen molar-refractivity contribution >= 4 is 23.3 Å². The van der Waals surface area contributed by atoms with Crippen LogP contribution < -0.4 is 24.4 Å². The van der Waals surface area contributed by atoms with Crippen LogP contribution in [0.3, 0.4) is 0 Å². The zero-order valence-corrected chi connectivity index (χ0v) is 23.5. The molecule has 2 aromatic carbocycles. The fourth-order valence-electron chi connectivity index (χ4n) is 5.22. The average Bonchev–Trinajstić information content (AvgIpc) is 2.93. The number of nitrogens with zero attached hydrogens (tertiary/aromatic N) is 1. The molecule has 2 aliphatic heterocycles. The minimum atomic E-state index is -0.121. The molecule has 0 aromatic heterocycles. The molecule has 2 aromatic rings. The lowest BCUT2D eigenvalue weighted by Gasteiger charge is -2.34. The van der Waals surface area contributed by atoms with Crippen molar-refractivity contribution in [3.05, 3.63) is 47.5 Å². The summed E-state index contributed by atoms with van der Waals surface area (Å²) >= 11 is 6.08. The molecular weight excluding hydrogens is 500 g/mol. The SMILES string of the molecule is CCCCCCCCCC(=O)Oc1ccccc1N1CCC(CNC[C@H]2COc3ccc(Cl)cc3O2)CC1. The molecule has 1 atom stereocenters. The first-order valence-electron chi connectivity index (χ1n) is 14.5. The van der Waals surface area contributed by atoms with Gasteiger partial charge in [-0.25, -0.2) is 0 Å². The van der Waals surface area contributed by atoms with Crippen molar-refractivity contribution in [1.82, 2.24) is 5.32 Å². The predicted octanol–water partition coefficient (Wildman–Crippen LogP) is 7.03. The molecule has 0 saturated carbocycles. The molecule has 0 amide bonds. The van der Waals surface area contributed by atoms with Crippen LogP contribution in [0.1, 0.15) is 71.1 Å². The van der Waals surface area contributed by atoms with E-state index in [1.54, 1.807) is 0 Å². The Labute approximate surface area is 233 Å². The quantitative estimate of drug-likeness (QED) is 0.157. The van der Waals surface area contributed by atoms with Crippen molar-refractivity contribution in [2.45, 2.75) is 77.2 Å². The normalized spacial score (nSPS) is 17.4. The Morgan fingerprint density at radius 3 is 2.58 bits per heavy atom. The van der Waals surface area contributed by atoms with E-state index < -0.39 is 0 Å². The molecule has 208 valence electrons. The van der Waals surface area contributed by atoms with Crippen LogP contribution in [0.15, 0.2) is 42.5 Å². The van der Waals surface area contributed by atoms with Gasteiger partial charge in [0.05, 0.1) is 5.69 Å². The van der Waals surface area contributed by atoms with E-state index in [1.165, 1.54) is 32.1 Å². The molecule has 0 unspecified atom stereocenters. The van der Waals surface area contributed by atoms with Gasteiger partial charge in [-0.15, -0.1) is 0 Å². The van der Waals surface area contributed by atoms with Crippen LogP contribution in [0.4, 0.5) is 5.69 Å². The molecule has 6 nitrogen and oxygen atoms in total.